The summed E-state index contributed by atoms with van der Waals surface area (Å²) < 4.78 is 18.1. The number of imidazole rings is 1. The molecule has 0 aliphatic carbocycles. The number of nitrogens with zero attached hydrogens (tertiary/aromatic N) is 2. The van der Waals surface area contributed by atoms with Crippen LogP contribution in [0, 0.1) is 0 Å². The van der Waals surface area contributed by atoms with Gasteiger partial charge >= 0.3 is 0 Å². The van der Waals surface area contributed by atoms with Crippen LogP contribution in [0.1, 0.15) is 26.3 Å². The van der Waals surface area contributed by atoms with Crippen molar-refractivity contribution in [2.24, 2.45) is 0 Å². The first-order valence-corrected chi connectivity index (χ1v) is 9.35. The normalized spacial score (nSPS) is 11.4. The number of nitrogens with one attached hydrogen (secondary N) is 1. The number of anilines is 1. The van der Waals surface area contributed by atoms with Crippen LogP contribution in [0.2, 0.25) is 0 Å². The van der Waals surface area contributed by atoms with E-state index in [9.17, 15) is 4.79 Å². The van der Waals surface area contributed by atoms with Gasteiger partial charge in [-0.2, -0.15) is 0 Å². The second-order valence-corrected chi connectivity index (χ2v) is 7.69. The monoisotopic (exact) mass is 397 g/mol. The van der Waals surface area contributed by atoms with Crippen LogP contribution < -0.4 is 19.5 Å². The molecule has 154 valence electrons. The first kappa shape index (κ1) is 20.5. The number of hydrogen-bond donors (Lipinski definition) is 1. The Morgan fingerprint density at radius 3 is 2.21 bits per heavy atom. The molecule has 29 heavy (non-hydrogen) atoms. The fraction of sp³-hybridized carbons (Fsp3) is 0.364. The summed E-state index contributed by atoms with van der Waals surface area (Å²) >= 11 is 0. The van der Waals surface area contributed by atoms with E-state index in [-0.39, 0.29) is 17.9 Å². The highest BCUT2D eigenvalue weighted by molar-refractivity contribution is 5.93. The van der Waals surface area contributed by atoms with Gasteiger partial charge in [-0.1, -0.05) is 12.1 Å². The molecule has 2 aromatic carbocycles. The van der Waals surface area contributed by atoms with Crippen LogP contribution in [0.15, 0.2) is 36.4 Å². The molecule has 0 radical (unpaired) electrons. The molecular weight excluding hydrogens is 370 g/mol. The Labute approximate surface area is 170 Å². The summed E-state index contributed by atoms with van der Waals surface area (Å²) in [6.07, 6.45) is 0.143. The van der Waals surface area contributed by atoms with E-state index in [2.05, 4.69) is 31.1 Å². The molecular formula is C22H27N3O4. The quantitative estimate of drug-likeness (QED) is 0.681. The molecule has 0 aliphatic heterocycles. The number of hydrogen-bond acceptors (Lipinski definition) is 5. The van der Waals surface area contributed by atoms with Gasteiger partial charge in [0.15, 0.2) is 11.5 Å². The molecule has 0 saturated carbocycles. The maximum absolute atomic E-state index is 12.8. The lowest BCUT2D eigenvalue weighted by Gasteiger charge is -2.24. The van der Waals surface area contributed by atoms with Crippen molar-refractivity contribution in [2.75, 3.05) is 26.6 Å². The maximum atomic E-state index is 12.8. The molecule has 7 heteroatoms. The van der Waals surface area contributed by atoms with E-state index in [0.717, 1.165) is 16.6 Å². The summed E-state index contributed by atoms with van der Waals surface area (Å²) in [7, 11) is 4.64. The van der Waals surface area contributed by atoms with E-state index in [0.29, 0.717) is 23.2 Å². The summed E-state index contributed by atoms with van der Waals surface area (Å²) in [6, 6.07) is 11.4. The number of amides is 1. The lowest BCUT2D eigenvalue weighted by atomic mass is 10.1. The molecule has 0 fully saturated rings. The second-order valence-electron chi connectivity index (χ2n) is 7.69. The Balaban J connectivity index is 1.91. The lowest BCUT2D eigenvalue weighted by Crippen LogP contribution is -2.26. The molecule has 0 bridgehead atoms. The smallest absolute Gasteiger partial charge is 0.231 e. The fourth-order valence-corrected chi connectivity index (χ4v) is 3.38. The van der Waals surface area contributed by atoms with Gasteiger partial charge in [-0.05, 0) is 50.6 Å². The van der Waals surface area contributed by atoms with E-state index < -0.39 is 0 Å². The van der Waals surface area contributed by atoms with Gasteiger partial charge < -0.3 is 18.8 Å². The van der Waals surface area contributed by atoms with Crippen LogP contribution in [0.4, 0.5) is 5.95 Å². The summed E-state index contributed by atoms with van der Waals surface area (Å²) in [5, 5.41) is 2.96. The highest BCUT2D eigenvalue weighted by Gasteiger charge is 2.23. The number of ether oxygens (including phenoxy) is 3. The molecule has 1 heterocycles. The predicted octanol–water partition coefficient (Wildman–Crippen LogP) is 4.00. The molecule has 7 nitrogen and oxygen atoms in total. The minimum absolute atomic E-state index is 0.143. The van der Waals surface area contributed by atoms with Crippen molar-refractivity contribution in [3.05, 3.63) is 42.0 Å². The molecule has 0 saturated heterocycles. The fourth-order valence-electron chi connectivity index (χ4n) is 3.38. The first-order valence-electron chi connectivity index (χ1n) is 9.35. The Morgan fingerprint density at radius 2 is 1.66 bits per heavy atom. The number of para-hydroxylation sites is 2. The molecule has 1 N–H and O–H groups in total. The molecule has 1 amide bonds. The van der Waals surface area contributed by atoms with Gasteiger partial charge in [0.05, 0.1) is 38.8 Å². The summed E-state index contributed by atoms with van der Waals surface area (Å²) in [5.74, 6) is 1.86. The van der Waals surface area contributed by atoms with E-state index >= 15 is 0 Å². The highest BCUT2D eigenvalue weighted by atomic mass is 16.5. The zero-order valence-corrected chi connectivity index (χ0v) is 17.7. The highest BCUT2D eigenvalue weighted by Crippen LogP contribution is 2.38. The van der Waals surface area contributed by atoms with Crippen molar-refractivity contribution < 1.29 is 19.0 Å². The van der Waals surface area contributed by atoms with Gasteiger partial charge in [0.1, 0.15) is 0 Å². The summed E-state index contributed by atoms with van der Waals surface area (Å²) in [6.45, 7) is 6.24. The molecule has 0 spiro atoms. The van der Waals surface area contributed by atoms with Crippen LogP contribution in [0.3, 0.4) is 0 Å². The minimum Gasteiger partial charge on any atom is -0.493 e. The van der Waals surface area contributed by atoms with E-state index in [1.807, 2.05) is 28.8 Å². The Bertz CT molecular complexity index is 1010. The molecule has 3 aromatic rings. The van der Waals surface area contributed by atoms with E-state index in [4.69, 9.17) is 14.2 Å². The van der Waals surface area contributed by atoms with Crippen LogP contribution in [0.25, 0.3) is 11.0 Å². The number of fused-ring (bicyclic) bond motifs is 1. The molecule has 0 atom stereocenters. The average molecular weight is 397 g/mol. The van der Waals surface area contributed by atoms with Gasteiger partial charge in [0, 0.05) is 5.54 Å². The average Bonchev–Trinajstić information content (AvgIpc) is 3.04. The van der Waals surface area contributed by atoms with Gasteiger partial charge in [-0.25, -0.2) is 4.98 Å². The number of carbonyl (C=O) groups excluding carboxylic acids is 1. The third-order valence-electron chi connectivity index (χ3n) is 4.57. The molecule has 3 rings (SSSR count). The minimum atomic E-state index is -0.245. The van der Waals surface area contributed by atoms with Crippen LogP contribution in [0.5, 0.6) is 17.2 Å². The van der Waals surface area contributed by atoms with Crippen molar-refractivity contribution in [3.63, 3.8) is 0 Å². The van der Waals surface area contributed by atoms with Crippen molar-refractivity contribution in [1.29, 1.82) is 0 Å². The van der Waals surface area contributed by atoms with Crippen molar-refractivity contribution in [3.8, 4) is 17.2 Å². The standard InChI is InChI=1S/C22H27N3O4/c1-22(2,3)25-16-10-8-7-9-15(16)23-21(25)24-19(26)13-14-11-17(27-4)20(29-6)18(12-14)28-5/h7-12H,13H2,1-6H3,(H,23,24,26). The van der Waals surface area contributed by atoms with Gasteiger partial charge in [0.25, 0.3) is 0 Å². The number of carbonyl (C=O) groups is 1. The van der Waals surface area contributed by atoms with E-state index in [1.54, 1.807) is 33.5 Å². The van der Waals surface area contributed by atoms with Crippen molar-refractivity contribution in [1.82, 2.24) is 9.55 Å². The van der Waals surface area contributed by atoms with Gasteiger partial charge in [0.2, 0.25) is 17.6 Å². The summed E-state index contributed by atoms with van der Waals surface area (Å²) in [4.78, 5) is 17.4. The third kappa shape index (κ3) is 4.13. The largest absolute Gasteiger partial charge is 0.493 e. The SMILES string of the molecule is COc1cc(CC(=O)Nc2nc3ccccc3n2C(C)(C)C)cc(OC)c1OC. The number of benzene rings is 2. The van der Waals surface area contributed by atoms with Crippen molar-refractivity contribution >= 4 is 22.9 Å². The molecule has 0 unspecified atom stereocenters. The van der Waals surface area contributed by atoms with Gasteiger partial charge in [-0.3, -0.25) is 10.1 Å². The van der Waals surface area contributed by atoms with Crippen LogP contribution in [-0.2, 0) is 16.8 Å². The van der Waals surface area contributed by atoms with Gasteiger partial charge in [-0.15, -0.1) is 0 Å². The lowest BCUT2D eigenvalue weighted by molar-refractivity contribution is -0.115. The number of methoxy groups -OCH3 is 3. The zero-order chi connectivity index (χ0) is 21.2. The Morgan fingerprint density at radius 1 is 1.03 bits per heavy atom. The van der Waals surface area contributed by atoms with Crippen LogP contribution >= 0.6 is 0 Å². The Hall–Kier alpha value is -3.22. The maximum Gasteiger partial charge on any atom is 0.231 e. The topological polar surface area (TPSA) is 74.6 Å². The predicted molar refractivity (Wildman–Crippen MR) is 113 cm³/mol. The molecule has 0 aliphatic rings. The second kappa shape index (κ2) is 8.03. The summed E-state index contributed by atoms with van der Waals surface area (Å²) in [5.41, 5.74) is 2.31. The number of aromatic nitrogens is 2. The van der Waals surface area contributed by atoms with E-state index in [1.165, 1.54) is 0 Å². The van der Waals surface area contributed by atoms with Crippen molar-refractivity contribution in [2.45, 2.75) is 32.7 Å². The Kier molecular flexibility index (Phi) is 5.68. The third-order valence-corrected chi connectivity index (χ3v) is 4.57. The molecule has 1 aromatic heterocycles. The number of rotatable bonds is 6. The zero-order valence-electron chi connectivity index (χ0n) is 17.7. The van der Waals surface area contributed by atoms with Crippen LogP contribution in [-0.4, -0.2) is 36.8 Å². The first-order chi connectivity index (χ1) is 13.8.